The predicted molar refractivity (Wildman–Crippen MR) is 81.9 cm³/mol. The molecule has 2 aromatic rings. The third-order valence-corrected chi connectivity index (χ3v) is 3.62. The van der Waals surface area contributed by atoms with Crippen LogP contribution < -0.4 is 5.73 Å². The number of amides is 1. The molecule has 0 aliphatic carbocycles. The van der Waals surface area contributed by atoms with Crippen molar-refractivity contribution >= 4 is 23.0 Å². The van der Waals surface area contributed by atoms with Crippen LogP contribution in [-0.4, -0.2) is 21.5 Å². The smallest absolute Gasteiger partial charge is 0.333 e. The Labute approximate surface area is 123 Å². The number of nitrogens with two attached hydrogens (primary N) is 1. The molecule has 0 saturated carbocycles. The number of aromatic nitrogens is 2. The van der Waals surface area contributed by atoms with Crippen molar-refractivity contribution in [2.24, 2.45) is 22.2 Å². The highest BCUT2D eigenvalue weighted by molar-refractivity contribution is 5.94. The molecule has 2 N–H and O–H groups in total. The number of hydrogen-bond acceptors (Lipinski definition) is 4. The topological polar surface area (TPSA) is 82.5 Å². The van der Waals surface area contributed by atoms with Gasteiger partial charge in [0.05, 0.1) is 11.0 Å². The Morgan fingerprint density at radius 2 is 2.05 bits per heavy atom. The molecular weight excluding hydrogens is 268 g/mol. The van der Waals surface area contributed by atoms with Gasteiger partial charge in [-0.1, -0.05) is 45.0 Å². The van der Waals surface area contributed by atoms with Crippen molar-refractivity contribution in [1.82, 2.24) is 9.55 Å². The van der Waals surface area contributed by atoms with Crippen molar-refractivity contribution < 1.29 is 9.63 Å². The zero-order chi connectivity index (χ0) is 15.6. The summed E-state index contributed by atoms with van der Waals surface area (Å²) in [6.45, 7) is 8.31. The third kappa shape index (κ3) is 3.21. The van der Waals surface area contributed by atoms with Crippen molar-refractivity contribution in [3.8, 4) is 0 Å². The van der Waals surface area contributed by atoms with Crippen molar-refractivity contribution in [2.75, 3.05) is 0 Å². The number of nitrogens with zero attached hydrogens (tertiary/aromatic N) is 3. The summed E-state index contributed by atoms with van der Waals surface area (Å²) in [5.74, 6) is 0.615. The molecule has 0 fully saturated rings. The number of hydrogen-bond donors (Lipinski definition) is 1. The standard InChI is InChI=1S/C15H20N4O2/c1-10(15(2,3)4)13(18-21-14(16)20)19-9-17-11-7-5-6-8-12(11)19/h5-10H,1-4H3,(H2,16,20). The zero-order valence-corrected chi connectivity index (χ0v) is 12.7. The van der Waals surface area contributed by atoms with E-state index in [4.69, 9.17) is 5.73 Å². The van der Waals surface area contributed by atoms with E-state index in [9.17, 15) is 4.79 Å². The molecule has 1 amide bonds. The second-order valence-corrected chi connectivity index (χ2v) is 6.05. The number of carbonyl (C=O) groups is 1. The lowest BCUT2D eigenvalue weighted by Gasteiger charge is -2.28. The van der Waals surface area contributed by atoms with E-state index in [1.54, 1.807) is 6.33 Å². The van der Waals surface area contributed by atoms with Crippen molar-refractivity contribution in [2.45, 2.75) is 27.7 Å². The first kappa shape index (κ1) is 15.0. The van der Waals surface area contributed by atoms with Crippen molar-refractivity contribution in [3.05, 3.63) is 30.6 Å². The number of imidazole rings is 1. The summed E-state index contributed by atoms with van der Waals surface area (Å²) in [5.41, 5.74) is 6.71. The summed E-state index contributed by atoms with van der Waals surface area (Å²) in [6.07, 6.45) is 0.744. The fraction of sp³-hybridized carbons (Fsp3) is 0.400. The van der Waals surface area contributed by atoms with Gasteiger partial charge in [0.15, 0.2) is 5.84 Å². The maximum atomic E-state index is 10.9. The van der Waals surface area contributed by atoms with Crippen LogP contribution in [-0.2, 0) is 4.84 Å². The van der Waals surface area contributed by atoms with Crippen LogP contribution in [0.1, 0.15) is 27.7 Å². The number of oxime groups is 1. The van der Waals surface area contributed by atoms with Gasteiger partial charge in [-0.2, -0.15) is 0 Å². The second-order valence-electron chi connectivity index (χ2n) is 6.05. The van der Waals surface area contributed by atoms with Crippen LogP contribution in [0.2, 0.25) is 0 Å². The minimum absolute atomic E-state index is 0.0226. The van der Waals surface area contributed by atoms with Gasteiger partial charge in [0.2, 0.25) is 0 Å². The first-order valence-corrected chi connectivity index (χ1v) is 6.77. The van der Waals surface area contributed by atoms with Gasteiger partial charge >= 0.3 is 6.09 Å². The van der Waals surface area contributed by atoms with Crippen LogP contribution in [0.25, 0.3) is 11.0 Å². The van der Waals surface area contributed by atoms with Crippen LogP contribution in [0.15, 0.2) is 35.7 Å². The van der Waals surface area contributed by atoms with E-state index in [0.29, 0.717) is 5.84 Å². The molecule has 112 valence electrons. The fourth-order valence-corrected chi connectivity index (χ4v) is 1.95. The Kier molecular flexibility index (Phi) is 3.97. The van der Waals surface area contributed by atoms with E-state index in [1.807, 2.05) is 35.8 Å². The van der Waals surface area contributed by atoms with Crippen LogP contribution in [0.4, 0.5) is 4.79 Å². The highest BCUT2D eigenvalue weighted by Gasteiger charge is 2.28. The highest BCUT2D eigenvalue weighted by atomic mass is 16.7. The van der Waals surface area contributed by atoms with Gasteiger partial charge in [-0.15, -0.1) is 0 Å². The molecule has 0 radical (unpaired) electrons. The molecule has 0 bridgehead atoms. The molecule has 1 atom stereocenters. The van der Waals surface area contributed by atoms with Gasteiger partial charge in [0, 0.05) is 5.92 Å². The van der Waals surface area contributed by atoms with Gasteiger partial charge in [-0.25, -0.2) is 9.78 Å². The molecule has 6 nitrogen and oxygen atoms in total. The van der Waals surface area contributed by atoms with Crippen LogP contribution >= 0.6 is 0 Å². The van der Waals surface area contributed by atoms with E-state index in [2.05, 4.69) is 35.7 Å². The van der Waals surface area contributed by atoms with E-state index in [1.165, 1.54) is 0 Å². The first-order valence-electron chi connectivity index (χ1n) is 6.77. The van der Waals surface area contributed by atoms with Crippen LogP contribution in [0.3, 0.4) is 0 Å². The van der Waals surface area contributed by atoms with Crippen molar-refractivity contribution in [3.63, 3.8) is 0 Å². The molecule has 0 saturated heterocycles. The number of carbonyl (C=O) groups excluding carboxylic acids is 1. The Morgan fingerprint density at radius 1 is 1.38 bits per heavy atom. The molecule has 1 aromatic carbocycles. The maximum absolute atomic E-state index is 10.9. The second kappa shape index (κ2) is 5.55. The van der Waals surface area contributed by atoms with Crippen LogP contribution in [0.5, 0.6) is 0 Å². The molecule has 0 spiro atoms. The maximum Gasteiger partial charge on any atom is 0.430 e. The van der Waals surface area contributed by atoms with Crippen molar-refractivity contribution in [1.29, 1.82) is 0 Å². The predicted octanol–water partition coefficient (Wildman–Crippen LogP) is 2.98. The quantitative estimate of drug-likeness (QED) is 0.399. The Morgan fingerprint density at radius 3 is 2.67 bits per heavy atom. The number of benzene rings is 1. The Hall–Kier alpha value is -2.37. The average molecular weight is 288 g/mol. The molecule has 2 rings (SSSR count). The lowest BCUT2D eigenvalue weighted by Crippen LogP contribution is -2.31. The summed E-state index contributed by atoms with van der Waals surface area (Å²) < 4.78 is 1.83. The molecule has 0 aliphatic rings. The van der Waals surface area contributed by atoms with Gasteiger partial charge in [-0.3, -0.25) is 9.40 Å². The van der Waals surface area contributed by atoms with Gasteiger partial charge < -0.3 is 5.73 Å². The number of rotatable bonds is 2. The molecular formula is C15H20N4O2. The summed E-state index contributed by atoms with van der Waals surface area (Å²) in [7, 11) is 0. The Balaban J connectivity index is 2.54. The monoisotopic (exact) mass is 288 g/mol. The largest absolute Gasteiger partial charge is 0.430 e. The number of para-hydroxylation sites is 2. The summed E-state index contributed by atoms with van der Waals surface area (Å²) in [5, 5.41) is 3.95. The third-order valence-electron chi connectivity index (χ3n) is 3.62. The Bertz CT molecular complexity index is 682. The summed E-state index contributed by atoms with van der Waals surface area (Å²) in [6, 6.07) is 7.70. The lowest BCUT2D eigenvalue weighted by molar-refractivity contribution is 0.159. The molecule has 1 aromatic heterocycles. The van der Waals surface area contributed by atoms with Crippen LogP contribution in [0, 0.1) is 11.3 Å². The number of primary amides is 1. The molecule has 21 heavy (non-hydrogen) atoms. The van der Waals surface area contributed by atoms with E-state index >= 15 is 0 Å². The molecule has 0 aliphatic heterocycles. The van der Waals surface area contributed by atoms with Gasteiger partial charge in [0.1, 0.15) is 6.33 Å². The first-order chi connectivity index (χ1) is 9.80. The van der Waals surface area contributed by atoms with E-state index < -0.39 is 6.09 Å². The minimum atomic E-state index is -0.932. The zero-order valence-electron chi connectivity index (χ0n) is 12.7. The average Bonchev–Trinajstić information content (AvgIpc) is 2.82. The summed E-state index contributed by atoms with van der Waals surface area (Å²) in [4.78, 5) is 19.9. The van der Waals surface area contributed by atoms with E-state index in [0.717, 1.165) is 11.0 Å². The number of fused-ring (bicyclic) bond motifs is 1. The van der Waals surface area contributed by atoms with Gasteiger partial charge in [0.25, 0.3) is 0 Å². The fourth-order valence-electron chi connectivity index (χ4n) is 1.95. The normalized spacial score (nSPS) is 14.2. The molecule has 1 unspecified atom stereocenters. The SMILES string of the molecule is CC(C(=NOC(N)=O)n1cnc2ccccc21)C(C)(C)C. The molecule has 1 heterocycles. The highest BCUT2D eigenvalue weighted by Crippen LogP contribution is 2.28. The lowest BCUT2D eigenvalue weighted by atomic mass is 9.81. The molecule has 6 heteroatoms. The summed E-state index contributed by atoms with van der Waals surface area (Å²) >= 11 is 0. The van der Waals surface area contributed by atoms with Gasteiger partial charge in [-0.05, 0) is 17.5 Å². The minimum Gasteiger partial charge on any atom is -0.333 e. The van der Waals surface area contributed by atoms with E-state index in [-0.39, 0.29) is 11.3 Å².